The molecule has 0 fully saturated rings. The zero-order valence-electron chi connectivity index (χ0n) is 12.2. The Morgan fingerprint density at radius 1 is 1.00 bits per heavy atom. The van der Waals surface area contributed by atoms with Crippen molar-refractivity contribution in [2.24, 2.45) is 11.3 Å². The molecular formula is C13H30O2Si. The molecule has 2 nitrogen and oxygen atoms in total. The molecule has 0 aliphatic carbocycles. The fourth-order valence-corrected chi connectivity index (χ4v) is 6.87. The molecular weight excluding hydrogens is 216 g/mol. The first-order valence-electron chi connectivity index (χ1n) is 6.52. The molecule has 0 unspecified atom stereocenters. The van der Waals surface area contributed by atoms with Crippen LogP contribution in [0.25, 0.3) is 0 Å². The van der Waals surface area contributed by atoms with Crippen molar-refractivity contribution in [2.45, 2.75) is 60.6 Å². The van der Waals surface area contributed by atoms with Gasteiger partial charge in [-0.25, -0.2) is 0 Å². The summed E-state index contributed by atoms with van der Waals surface area (Å²) in [5, 5.41) is 0. The van der Waals surface area contributed by atoms with Gasteiger partial charge in [-0.2, -0.15) is 0 Å². The van der Waals surface area contributed by atoms with Gasteiger partial charge in [-0.3, -0.25) is 0 Å². The minimum Gasteiger partial charge on any atom is -0.394 e. The molecule has 0 saturated carbocycles. The zero-order valence-corrected chi connectivity index (χ0v) is 13.2. The molecule has 0 amide bonds. The van der Waals surface area contributed by atoms with Crippen LogP contribution in [0, 0.1) is 11.3 Å². The van der Waals surface area contributed by atoms with Gasteiger partial charge in [0.1, 0.15) is 0 Å². The lowest BCUT2D eigenvalue weighted by Crippen LogP contribution is -2.46. The van der Waals surface area contributed by atoms with E-state index in [1.165, 1.54) is 0 Å². The predicted molar refractivity (Wildman–Crippen MR) is 72.9 cm³/mol. The van der Waals surface area contributed by atoms with Gasteiger partial charge in [0.15, 0.2) is 0 Å². The average molecular weight is 246 g/mol. The maximum Gasteiger partial charge on any atom is 0.338 e. The molecule has 0 saturated heterocycles. The van der Waals surface area contributed by atoms with E-state index in [4.69, 9.17) is 8.85 Å². The third-order valence-electron chi connectivity index (χ3n) is 2.33. The van der Waals surface area contributed by atoms with Gasteiger partial charge in [0.25, 0.3) is 0 Å². The number of hydrogen-bond acceptors (Lipinski definition) is 2. The van der Waals surface area contributed by atoms with Crippen molar-refractivity contribution in [3.8, 4) is 0 Å². The van der Waals surface area contributed by atoms with E-state index in [0.717, 1.165) is 25.3 Å². The SMILES string of the molecule is CCO[Si](CC(C)C)(CC(C)(C)C)OCC. The van der Waals surface area contributed by atoms with Crippen LogP contribution < -0.4 is 0 Å². The minimum absolute atomic E-state index is 0.283. The van der Waals surface area contributed by atoms with Crippen molar-refractivity contribution in [2.75, 3.05) is 13.2 Å². The molecule has 0 aliphatic heterocycles. The topological polar surface area (TPSA) is 18.5 Å². The molecule has 3 heteroatoms. The van der Waals surface area contributed by atoms with Gasteiger partial charge in [-0.05, 0) is 37.3 Å². The highest BCUT2D eigenvalue weighted by Crippen LogP contribution is 2.33. The highest BCUT2D eigenvalue weighted by molar-refractivity contribution is 6.67. The molecule has 0 rings (SSSR count). The number of hydrogen-bond donors (Lipinski definition) is 0. The Morgan fingerprint density at radius 2 is 1.44 bits per heavy atom. The maximum absolute atomic E-state index is 6.07. The summed E-state index contributed by atoms with van der Waals surface area (Å²) in [6.45, 7) is 17.0. The Hall–Kier alpha value is 0.137. The van der Waals surface area contributed by atoms with Crippen molar-refractivity contribution in [3.05, 3.63) is 0 Å². The third-order valence-corrected chi connectivity index (χ3v) is 7.00. The van der Waals surface area contributed by atoms with Crippen molar-refractivity contribution in [3.63, 3.8) is 0 Å². The van der Waals surface area contributed by atoms with Crippen molar-refractivity contribution in [1.82, 2.24) is 0 Å². The minimum atomic E-state index is -1.99. The largest absolute Gasteiger partial charge is 0.394 e. The van der Waals surface area contributed by atoms with E-state index >= 15 is 0 Å². The van der Waals surface area contributed by atoms with Gasteiger partial charge >= 0.3 is 8.56 Å². The summed E-state index contributed by atoms with van der Waals surface area (Å²) >= 11 is 0. The van der Waals surface area contributed by atoms with Gasteiger partial charge in [0, 0.05) is 13.2 Å². The van der Waals surface area contributed by atoms with Crippen LogP contribution in [0.4, 0.5) is 0 Å². The highest BCUT2D eigenvalue weighted by atomic mass is 28.4. The van der Waals surface area contributed by atoms with Crippen LogP contribution in [-0.2, 0) is 8.85 Å². The summed E-state index contributed by atoms with van der Waals surface area (Å²) in [5.74, 6) is 0.645. The second kappa shape index (κ2) is 6.77. The Balaban J connectivity index is 4.77. The monoisotopic (exact) mass is 246 g/mol. The predicted octanol–water partition coefficient (Wildman–Crippen LogP) is 4.20. The van der Waals surface area contributed by atoms with Crippen LogP contribution in [0.3, 0.4) is 0 Å². The summed E-state index contributed by atoms with van der Waals surface area (Å²) in [4.78, 5) is 0. The normalized spacial score (nSPS) is 13.5. The smallest absolute Gasteiger partial charge is 0.338 e. The standard InChI is InChI=1S/C13H30O2Si/c1-8-14-16(15-9-2,10-12(3)4)11-13(5,6)7/h12H,8-11H2,1-7H3. The van der Waals surface area contributed by atoms with E-state index in [1.54, 1.807) is 0 Å². The molecule has 16 heavy (non-hydrogen) atoms. The second-order valence-electron chi connectivity index (χ2n) is 6.11. The van der Waals surface area contributed by atoms with Gasteiger partial charge in [-0.1, -0.05) is 34.6 Å². The van der Waals surface area contributed by atoms with Gasteiger partial charge in [0.2, 0.25) is 0 Å². The maximum atomic E-state index is 6.07. The fraction of sp³-hybridized carbons (Fsp3) is 1.00. The molecule has 0 atom stereocenters. The average Bonchev–Trinajstić information content (AvgIpc) is 1.98. The summed E-state index contributed by atoms with van der Waals surface area (Å²) < 4.78 is 12.1. The summed E-state index contributed by atoms with van der Waals surface area (Å²) in [6.07, 6.45) is 0. The third kappa shape index (κ3) is 6.66. The van der Waals surface area contributed by atoms with E-state index in [9.17, 15) is 0 Å². The molecule has 0 spiro atoms. The second-order valence-corrected chi connectivity index (χ2v) is 9.27. The van der Waals surface area contributed by atoms with Crippen molar-refractivity contribution < 1.29 is 8.85 Å². The van der Waals surface area contributed by atoms with E-state index in [2.05, 4.69) is 48.5 Å². The van der Waals surface area contributed by atoms with Crippen LogP contribution in [0.2, 0.25) is 12.1 Å². The molecule has 0 aromatic carbocycles. The molecule has 0 bridgehead atoms. The first-order chi connectivity index (χ1) is 7.24. The molecule has 0 radical (unpaired) electrons. The summed E-state index contributed by atoms with van der Waals surface area (Å²) in [5.41, 5.74) is 0.283. The van der Waals surface area contributed by atoms with Crippen LogP contribution in [-0.4, -0.2) is 21.8 Å². The van der Waals surface area contributed by atoms with E-state index in [-0.39, 0.29) is 5.41 Å². The van der Waals surface area contributed by atoms with Crippen LogP contribution in [0.1, 0.15) is 48.5 Å². The molecule has 0 heterocycles. The van der Waals surface area contributed by atoms with Crippen LogP contribution >= 0.6 is 0 Å². The lowest BCUT2D eigenvalue weighted by molar-refractivity contribution is 0.167. The Morgan fingerprint density at radius 3 is 1.69 bits per heavy atom. The van der Waals surface area contributed by atoms with Gasteiger partial charge in [0.05, 0.1) is 0 Å². The Bertz CT molecular complexity index is 179. The first kappa shape index (κ1) is 16.1. The lowest BCUT2D eigenvalue weighted by atomic mass is 10.0. The summed E-state index contributed by atoms with van der Waals surface area (Å²) in [7, 11) is -1.99. The van der Waals surface area contributed by atoms with E-state index in [0.29, 0.717) is 5.92 Å². The zero-order chi connectivity index (χ0) is 12.8. The first-order valence-corrected chi connectivity index (χ1v) is 8.75. The highest BCUT2D eigenvalue weighted by Gasteiger charge is 2.41. The molecule has 0 aromatic heterocycles. The van der Waals surface area contributed by atoms with E-state index < -0.39 is 8.56 Å². The van der Waals surface area contributed by atoms with Gasteiger partial charge in [-0.15, -0.1) is 0 Å². The molecule has 98 valence electrons. The molecule has 0 aromatic rings. The van der Waals surface area contributed by atoms with Crippen LogP contribution in [0.5, 0.6) is 0 Å². The Kier molecular flexibility index (Phi) is 6.83. The van der Waals surface area contributed by atoms with Crippen molar-refractivity contribution in [1.29, 1.82) is 0 Å². The lowest BCUT2D eigenvalue weighted by Gasteiger charge is -2.36. The Labute approximate surface area is 103 Å². The fourth-order valence-electron chi connectivity index (χ4n) is 2.29. The van der Waals surface area contributed by atoms with E-state index in [1.807, 2.05) is 0 Å². The quantitative estimate of drug-likeness (QED) is 0.627. The van der Waals surface area contributed by atoms with Crippen LogP contribution in [0.15, 0.2) is 0 Å². The molecule has 0 aliphatic rings. The summed E-state index contributed by atoms with van der Waals surface area (Å²) in [6, 6.07) is 2.19. The molecule has 0 N–H and O–H groups in total. The number of rotatable bonds is 7. The van der Waals surface area contributed by atoms with Gasteiger partial charge < -0.3 is 8.85 Å². The van der Waals surface area contributed by atoms with Crippen molar-refractivity contribution >= 4 is 8.56 Å².